The number of nitrogens with two attached hydrogens (primary N) is 1. The van der Waals surface area contributed by atoms with Crippen molar-refractivity contribution in [2.75, 3.05) is 5.32 Å². The van der Waals surface area contributed by atoms with Gasteiger partial charge in [0.05, 0.1) is 17.3 Å². The SMILES string of the molecule is Cn1cc(-c2nc(N[C@@H]3CCCC[C@@H]3N)cc3c[nH]c(O)c23)cn1. The number of aromatic amines is 1. The molecule has 0 saturated heterocycles. The van der Waals surface area contributed by atoms with Gasteiger partial charge in [0.25, 0.3) is 0 Å². The third-order valence-electron chi connectivity index (χ3n) is 4.78. The zero-order valence-corrected chi connectivity index (χ0v) is 13.7. The first-order valence-electron chi connectivity index (χ1n) is 8.34. The lowest BCUT2D eigenvalue weighted by atomic mass is 9.91. The van der Waals surface area contributed by atoms with Crippen molar-refractivity contribution in [1.82, 2.24) is 19.7 Å². The molecular formula is C17H22N6O. The molecule has 1 aliphatic carbocycles. The molecule has 7 nitrogen and oxygen atoms in total. The Morgan fingerprint density at radius 2 is 2.21 bits per heavy atom. The van der Waals surface area contributed by atoms with Crippen LogP contribution in [0.1, 0.15) is 25.7 Å². The third-order valence-corrected chi connectivity index (χ3v) is 4.78. The molecule has 2 atom stereocenters. The van der Waals surface area contributed by atoms with Crippen LogP contribution in [0.25, 0.3) is 22.0 Å². The predicted molar refractivity (Wildman–Crippen MR) is 93.8 cm³/mol. The zero-order chi connectivity index (χ0) is 16.7. The van der Waals surface area contributed by atoms with E-state index in [9.17, 15) is 5.11 Å². The highest BCUT2D eigenvalue weighted by Crippen LogP contribution is 2.35. The molecule has 126 valence electrons. The molecular weight excluding hydrogens is 304 g/mol. The van der Waals surface area contributed by atoms with E-state index in [0.29, 0.717) is 11.1 Å². The van der Waals surface area contributed by atoms with Crippen LogP contribution < -0.4 is 11.1 Å². The van der Waals surface area contributed by atoms with E-state index in [2.05, 4.69) is 15.4 Å². The molecule has 0 spiro atoms. The Bertz CT molecular complexity index is 867. The van der Waals surface area contributed by atoms with Crippen LogP contribution >= 0.6 is 0 Å². The van der Waals surface area contributed by atoms with Crippen molar-refractivity contribution >= 4 is 16.6 Å². The molecule has 3 aromatic heterocycles. The largest absolute Gasteiger partial charge is 0.494 e. The van der Waals surface area contributed by atoms with Crippen LogP contribution in [0.4, 0.5) is 5.82 Å². The van der Waals surface area contributed by atoms with Gasteiger partial charge in [-0.05, 0) is 18.9 Å². The van der Waals surface area contributed by atoms with Gasteiger partial charge < -0.3 is 21.1 Å². The first-order valence-corrected chi connectivity index (χ1v) is 8.34. The van der Waals surface area contributed by atoms with E-state index in [-0.39, 0.29) is 18.0 Å². The van der Waals surface area contributed by atoms with E-state index >= 15 is 0 Å². The lowest BCUT2D eigenvalue weighted by molar-refractivity contribution is 0.403. The number of H-pyrrole nitrogens is 1. The van der Waals surface area contributed by atoms with Crippen molar-refractivity contribution in [3.8, 4) is 17.1 Å². The third kappa shape index (κ3) is 2.60. The molecule has 0 aliphatic heterocycles. The number of aryl methyl sites for hydroxylation is 1. The highest BCUT2D eigenvalue weighted by molar-refractivity contribution is 5.99. The molecule has 3 heterocycles. The Hall–Kier alpha value is -2.54. The van der Waals surface area contributed by atoms with Crippen molar-refractivity contribution in [2.45, 2.75) is 37.8 Å². The van der Waals surface area contributed by atoms with Gasteiger partial charge in [-0.15, -0.1) is 0 Å². The van der Waals surface area contributed by atoms with Gasteiger partial charge in [0, 0.05) is 42.5 Å². The van der Waals surface area contributed by atoms with Crippen LogP contribution in [0.5, 0.6) is 5.88 Å². The van der Waals surface area contributed by atoms with Crippen molar-refractivity contribution in [3.63, 3.8) is 0 Å². The average Bonchev–Trinajstić information content (AvgIpc) is 3.16. The Morgan fingerprint density at radius 1 is 1.38 bits per heavy atom. The number of hydrogen-bond donors (Lipinski definition) is 4. The van der Waals surface area contributed by atoms with Crippen LogP contribution in [-0.2, 0) is 7.05 Å². The van der Waals surface area contributed by atoms with Gasteiger partial charge in [0.15, 0.2) is 5.88 Å². The molecule has 3 aromatic rings. The van der Waals surface area contributed by atoms with Crippen LogP contribution in [0.15, 0.2) is 24.7 Å². The number of fused-ring (bicyclic) bond motifs is 1. The molecule has 0 radical (unpaired) electrons. The number of anilines is 1. The molecule has 1 fully saturated rings. The summed E-state index contributed by atoms with van der Waals surface area (Å²) in [5.74, 6) is 0.903. The quantitative estimate of drug-likeness (QED) is 0.591. The highest BCUT2D eigenvalue weighted by Gasteiger charge is 2.23. The smallest absolute Gasteiger partial charge is 0.198 e. The number of hydrogen-bond acceptors (Lipinski definition) is 5. The van der Waals surface area contributed by atoms with Gasteiger partial charge in [-0.1, -0.05) is 12.8 Å². The van der Waals surface area contributed by atoms with Gasteiger partial charge >= 0.3 is 0 Å². The maximum Gasteiger partial charge on any atom is 0.198 e. The molecule has 0 unspecified atom stereocenters. The topological polar surface area (TPSA) is 105 Å². The lowest BCUT2D eigenvalue weighted by Crippen LogP contribution is -2.42. The van der Waals surface area contributed by atoms with E-state index < -0.39 is 0 Å². The summed E-state index contributed by atoms with van der Waals surface area (Å²) in [6, 6.07) is 2.34. The number of nitrogens with zero attached hydrogens (tertiary/aromatic N) is 3. The second kappa shape index (κ2) is 5.83. The van der Waals surface area contributed by atoms with Gasteiger partial charge in [-0.2, -0.15) is 5.10 Å². The molecule has 0 amide bonds. The fraction of sp³-hybridized carbons (Fsp3) is 0.412. The monoisotopic (exact) mass is 326 g/mol. The number of pyridine rings is 1. The van der Waals surface area contributed by atoms with Crippen LogP contribution in [0.3, 0.4) is 0 Å². The Morgan fingerprint density at radius 3 is 2.96 bits per heavy atom. The minimum atomic E-state index is 0.122. The van der Waals surface area contributed by atoms with E-state index in [1.165, 1.54) is 12.8 Å². The van der Waals surface area contributed by atoms with Crippen molar-refractivity contribution in [2.24, 2.45) is 12.8 Å². The first-order chi connectivity index (χ1) is 11.6. The summed E-state index contributed by atoms with van der Waals surface area (Å²) in [7, 11) is 1.86. The molecule has 1 aliphatic rings. The molecule has 24 heavy (non-hydrogen) atoms. The number of aromatic nitrogens is 4. The summed E-state index contributed by atoms with van der Waals surface area (Å²) >= 11 is 0. The van der Waals surface area contributed by atoms with Crippen LogP contribution in [0, 0.1) is 0 Å². The van der Waals surface area contributed by atoms with E-state index in [1.54, 1.807) is 17.1 Å². The number of rotatable bonds is 3. The summed E-state index contributed by atoms with van der Waals surface area (Å²) in [4.78, 5) is 7.62. The van der Waals surface area contributed by atoms with Crippen molar-refractivity contribution < 1.29 is 5.11 Å². The molecule has 0 bridgehead atoms. The maximum atomic E-state index is 10.2. The van der Waals surface area contributed by atoms with Crippen LogP contribution in [-0.4, -0.2) is 36.9 Å². The van der Waals surface area contributed by atoms with Crippen LogP contribution in [0.2, 0.25) is 0 Å². The summed E-state index contributed by atoms with van der Waals surface area (Å²) in [5, 5.41) is 19.5. The number of nitrogens with one attached hydrogen (secondary N) is 2. The summed E-state index contributed by atoms with van der Waals surface area (Å²) in [6.45, 7) is 0. The summed E-state index contributed by atoms with van der Waals surface area (Å²) < 4.78 is 1.73. The molecule has 5 N–H and O–H groups in total. The van der Waals surface area contributed by atoms with Crippen molar-refractivity contribution in [3.05, 3.63) is 24.7 Å². The van der Waals surface area contributed by atoms with E-state index in [4.69, 9.17) is 10.7 Å². The number of aromatic hydroxyl groups is 1. The van der Waals surface area contributed by atoms with Gasteiger partial charge in [0.2, 0.25) is 0 Å². The fourth-order valence-electron chi connectivity index (χ4n) is 3.50. The molecule has 1 saturated carbocycles. The zero-order valence-electron chi connectivity index (χ0n) is 13.7. The summed E-state index contributed by atoms with van der Waals surface area (Å²) in [5.41, 5.74) is 7.83. The van der Waals surface area contributed by atoms with Gasteiger partial charge in [0.1, 0.15) is 5.82 Å². The van der Waals surface area contributed by atoms with Crippen molar-refractivity contribution in [1.29, 1.82) is 0 Å². The standard InChI is InChI=1S/C17H22N6O/c1-23-9-11(8-20-23)16-15-10(7-19-17(15)24)6-14(22-16)21-13-5-3-2-4-12(13)18/h6-9,12-13,19,21,24H,2-5,18H2,1H3/t12-,13+/m0/s1. The second-order valence-electron chi connectivity index (χ2n) is 6.56. The van der Waals surface area contributed by atoms with E-state index in [1.807, 2.05) is 19.3 Å². The lowest BCUT2D eigenvalue weighted by Gasteiger charge is -2.29. The van der Waals surface area contributed by atoms with Gasteiger partial charge in [-0.3, -0.25) is 4.68 Å². The fourth-order valence-corrected chi connectivity index (χ4v) is 3.50. The molecule has 7 heteroatoms. The van der Waals surface area contributed by atoms with E-state index in [0.717, 1.165) is 29.6 Å². The molecule has 4 rings (SSSR count). The average molecular weight is 326 g/mol. The predicted octanol–water partition coefficient (Wildman–Crippen LogP) is 2.35. The Balaban J connectivity index is 1.77. The Labute approximate surface area is 139 Å². The minimum Gasteiger partial charge on any atom is -0.494 e. The summed E-state index contributed by atoms with van der Waals surface area (Å²) in [6.07, 6.45) is 9.92. The van der Waals surface area contributed by atoms with Gasteiger partial charge in [-0.25, -0.2) is 4.98 Å². The normalized spacial score (nSPS) is 21.2. The minimum absolute atomic E-state index is 0.122. The second-order valence-corrected chi connectivity index (χ2v) is 6.56. The maximum absolute atomic E-state index is 10.2. The highest BCUT2D eigenvalue weighted by atomic mass is 16.3. The first kappa shape index (κ1) is 15.0. The molecule has 0 aromatic carbocycles. The Kier molecular flexibility index (Phi) is 3.65.